The molecular formula is C17H13N3O3S4. The van der Waals surface area contributed by atoms with Crippen molar-refractivity contribution in [3.63, 3.8) is 0 Å². The predicted octanol–water partition coefficient (Wildman–Crippen LogP) is 4.28. The molecule has 10 heteroatoms. The molecule has 1 N–H and O–H groups in total. The van der Waals surface area contributed by atoms with Crippen LogP contribution in [0.3, 0.4) is 0 Å². The number of aromatic nitrogens is 2. The van der Waals surface area contributed by atoms with Crippen molar-refractivity contribution >= 4 is 75.7 Å². The fraction of sp³-hybridized carbons (Fsp3) is 0.118. The number of anilines is 1. The third-order valence-electron chi connectivity index (χ3n) is 3.82. The first-order chi connectivity index (χ1) is 12.9. The molecule has 0 atom stereocenters. The summed E-state index contributed by atoms with van der Waals surface area (Å²) in [5, 5.41) is 3.15. The maximum absolute atomic E-state index is 12.7. The summed E-state index contributed by atoms with van der Waals surface area (Å²) in [7, 11) is -3.51. The minimum Gasteiger partial charge on any atom is -0.298 e. The molecule has 2 aromatic carbocycles. The summed E-state index contributed by atoms with van der Waals surface area (Å²) in [5.41, 5.74) is 1.78. The molecule has 0 saturated heterocycles. The highest BCUT2D eigenvalue weighted by molar-refractivity contribution is 8.00. The number of amides is 1. The summed E-state index contributed by atoms with van der Waals surface area (Å²) < 4.78 is 26.8. The fourth-order valence-corrected chi connectivity index (χ4v) is 6.18. The van der Waals surface area contributed by atoms with Crippen LogP contribution in [-0.4, -0.2) is 36.8 Å². The zero-order chi connectivity index (χ0) is 19.2. The molecule has 2 heterocycles. The summed E-state index contributed by atoms with van der Waals surface area (Å²) in [6, 6.07) is 9.93. The molecule has 0 radical (unpaired) electrons. The molecule has 0 saturated carbocycles. The molecule has 4 rings (SSSR count). The molecule has 27 heavy (non-hydrogen) atoms. The molecule has 0 aliphatic rings. The lowest BCUT2D eigenvalue weighted by atomic mass is 10.2. The van der Waals surface area contributed by atoms with Crippen molar-refractivity contribution < 1.29 is 13.2 Å². The Kier molecular flexibility index (Phi) is 4.66. The maximum atomic E-state index is 12.7. The molecule has 0 unspecified atom stereocenters. The number of rotatable bonds is 4. The van der Waals surface area contributed by atoms with Gasteiger partial charge in [0, 0.05) is 6.26 Å². The number of nitrogens with zero attached hydrogens (tertiary/aromatic N) is 2. The Balaban J connectivity index is 1.73. The summed E-state index contributed by atoms with van der Waals surface area (Å²) in [6.45, 7) is 0. The number of thiazole rings is 2. The average Bonchev–Trinajstić information content (AvgIpc) is 3.23. The van der Waals surface area contributed by atoms with Gasteiger partial charge in [-0.05, 0) is 30.5 Å². The Bertz CT molecular complexity index is 1290. The van der Waals surface area contributed by atoms with Crippen LogP contribution in [0.5, 0.6) is 0 Å². The van der Waals surface area contributed by atoms with Gasteiger partial charge in [0.05, 0.1) is 30.9 Å². The highest BCUT2D eigenvalue weighted by Crippen LogP contribution is 2.38. The van der Waals surface area contributed by atoms with E-state index in [4.69, 9.17) is 0 Å². The third-order valence-corrected chi connectivity index (χ3v) is 8.18. The largest absolute Gasteiger partial charge is 0.298 e. The van der Waals surface area contributed by atoms with Crippen molar-refractivity contribution in [1.82, 2.24) is 9.97 Å². The lowest BCUT2D eigenvalue weighted by Crippen LogP contribution is -2.15. The van der Waals surface area contributed by atoms with E-state index in [2.05, 4.69) is 15.3 Å². The zero-order valence-corrected chi connectivity index (χ0v) is 17.5. The lowest BCUT2D eigenvalue weighted by Gasteiger charge is -2.06. The molecular weight excluding hydrogens is 422 g/mol. The van der Waals surface area contributed by atoms with Gasteiger partial charge in [-0.1, -0.05) is 35.2 Å². The SMILES string of the molecule is CSc1nc2ccc3nc(NC(=O)c4ccccc4S(C)(=O)=O)sc3c2s1. The second-order valence-electron chi connectivity index (χ2n) is 5.69. The second-order valence-corrected chi connectivity index (χ2v) is 10.7. The minimum atomic E-state index is -3.51. The molecule has 4 aromatic rings. The zero-order valence-electron chi connectivity index (χ0n) is 14.2. The number of carbonyl (C=O) groups excluding carboxylic acids is 1. The topological polar surface area (TPSA) is 89.0 Å². The highest BCUT2D eigenvalue weighted by Gasteiger charge is 2.20. The van der Waals surface area contributed by atoms with Gasteiger partial charge in [-0.3, -0.25) is 10.1 Å². The Hall–Kier alpha value is -2.01. The molecule has 0 aliphatic carbocycles. The van der Waals surface area contributed by atoms with E-state index in [0.29, 0.717) is 5.13 Å². The first-order valence-electron chi connectivity index (χ1n) is 7.71. The van der Waals surface area contributed by atoms with Gasteiger partial charge in [0.1, 0.15) is 0 Å². The molecule has 0 fully saturated rings. The van der Waals surface area contributed by atoms with Crippen LogP contribution in [0.2, 0.25) is 0 Å². The van der Waals surface area contributed by atoms with Gasteiger partial charge in [-0.25, -0.2) is 18.4 Å². The minimum absolute atomic E-state index is 0.00179. The Morgan fingerprint density at radius 3 is 2.41 bits per heavy atom. The normalized spacial score (nSPS) is 11.9. The summed E-state index contributed by atoms with van der Waals surface area (Å²) in [6.07, 6.45) is 3.06. The lowest BCUT2D eigenvalue weighted by molar-refractivity contribution is 0.102. The number of sulfone groups is 1. The Labute approximate surface area is 167 Å². The fourth-order valence-electron chi connectivity index (χ4n) is 2.64. The van der Waals surface area contributed by atoms with Crippen LogP contribution in [0.1, 0.15) is 10.4 Å². The molecule has 2 aromatic heterocycles. The molecule has 0 bridgehead atoms. The number of nitrogens with one attached hydrogen (secondary N) is 1. The molecule has 138 valence electrons. The van der Waals surface area contributed by atoms with Crippen molar-refractivity contribution in [3.05, 3.63) is 42.0 Å². The van der Waals surface area contributed by atoms with Gasteiger partial charge < -0.3 is 0 Å². The van der Waals surface area contributed by atoms with Crippen LogP contribution in [-0.2, 0) is 9.84 Å². The van der Waals surface area contributed by atoms with Crippen molar-refractivity contribution in [3.8, 4) is 0 Å². The summed E-state index contributed by atoms with van der Waals surface area (Å²) in [5.74, 6) is -0.500. The van der Waals surface area contributed by atoms with E-state index in [1.54, 1.807) is 35.2 Å². The maximum Gasteiger partial charge on any atom is 0.258 e. The smallest absolute Gasteiger partial charge is 0.258 e. The first kappa shape index (κ1) is 18.4. The van der Waals surface area contributed by atoms with Gasteiger partial charge in [0.2, 0.25) is 0 Å². The molecule has 0 aliphatic heterocycles. The Morgan fingerprint density at radius 2 is 1.70 bits per heavy atom. The van der Waals surface area contributed by atoms with Crippen LogP contribution in [0, 0.1) is 0 Å². The van der Waals surface area contributed by atoms with Crippen molar-refractivity contribution in [1.29, 1.82) is 0 Å². The van der Waals surface area contributed by atoms with Crippen molar-refractivity contribution in [2.75, 3.05) is 17.8 Å². The number of carbonyl (C=O) groups is 1. The van der Waals surface area contributed by atoms with Crippen molar-refractivity contribution in [2.24, 2.45) is 0 Å². The van der Waals surface area contributed by atoms with Crippen molar-refractivity contribution in [2.45, 2.75) is 9.24 Å². The number of thioether (sulfide) groups is 1. The number of hydrogen-bond donors (Lipinski definition) is 1. The van der Waals surface area contributed by atoms with Gasteiger partial charge >= 0.3 is 0 Å². The van der Waals surface area contributed by atoms with Crippen LogP contribution in [0.25, 0.3) is 20.4 Å². The molecule has 1 amide bonds. The van der Waals surface area contributed by atoms with Crippen LogP contribution < -0.4 is 5.32 Å². The van der Waals surface area contributed by atoms with Crippen LogP contribution in [0.15, 0.2) is 45.6 Å². The molecule has 6 nitrogen and oxygen atoms in total. The monoisotopic (exact) mass is 435 g/mol. The van der Waals surface area contributed by atoms with E-state index in [0.717, 1.165) is 31.0 Å². The number of hydrogen-bond acceptors (Lipinski definition) is 8. The van der Waals surface area contributed by atoms with E-state index < -0.39 is 15.7 Å². The molecule has 0 spiro atoms. The van der Waals surface area contributed by atoms with Gasteiger partial charge in [-0.2, -0.15) is 0 Å². The van der Waals surface area contributed by atoms with Crippen LogP contribution >= 0.6 is 34.4 Å². The second kappa shape index (κ2) is 6.86. The first-order valence-corrected chi connectivity index (χ1v) is 12.5. The number of fused-ring (bicyclic) bond motifs is 3. The van der Waals surface area contributed by atoms with Gasteiger partial charge in [0.25, 0.3) is 5.91 Å². The quantitative estimate of drug-likeness (QED) is 0.481. The average molecular weight is 436 g/mol. The Morgan fingerprint density at radius 1 is 1.04 bits per heavy atom. The number of benzene rings is 2. The van der Waals surface area contributed by atoms with E-state index in [1.807, 2.05) is 18.4 Å². The van der Waals surface area contributed by atoms with Crippen LogP contribution in [0.4, 0.5) is 5.13 Å². The standard InChI is InChI=1S/C17H13N3O3S4/c1-24-17-19-11-8-7-10-13(14(11)26-17)25-16(18-10)20-15(21)9-5-3-4-6-12(9)27(2,22)23/h3-8H,1-2H3,(H,18,20,21). The highest BCUT2D eigenvalue weighted by atomic mass is 32.2. The third kappa shape index (κ3) is 3.45. The van der Waals surface area contributed by atoms with E-state index in [1.165, 1.54) is 23.5 Å². The predicted molar refractivity (Wildman–Crippen MR) is 112 cm³/mol. The van der Waals surface area contributed by atoms with E-state index in [9.17, 15) is 13.2 Å². The van der Waals surface area contributed by atoms with Gasteiger partial charge in [-0.15, -0.1) is 11.3 Å². The van der Waals surface area contributed by atoms with Gasteiger partial charge in [0.15, 0.2) is 19.3 Å². The van der Waals surface area contributed by atoms with E-state index >= 15 is 0 Å². The summed E-state index contributed by atoms with van der Waals surface area (Å²) in [4.78, 5) is 21.7. The summed E-state index contributed by atoms with van der Waals surface area (Å²) >= 11 is 4.53. The van der Waals surface area contributed by atoms with E-state index in [-0.39, 0.29) is 10.5 Å².